The predicted octanol–water partition coefficient (Wildman–Crippen LogP) is 1.90. The van der Waals surface area contributed by atoms with Gasteiger partial charge in [-0.05, 0) is 26.0 Å². The number of primary sulfonamides is 1. The molecule has 1 amide bonds. The van der Waals surface area contributed by atoms with E-state index in [1.54, 1.807) is 13.8 Å². The van der Waals surface area contributed by atoms with Crippen molar-refractivity contribution in [1.82, 2.24) is 5.32 Å². The Morgan fingerprint density at radius 3 is 2.52 bits per heavy atom. The zero-order valence-corrected chi connectivity index (χ0v) is 14.9. The van der Waals surface area contributed by atoms with Gasteiger partial charge in [-0.3, -0.25) is 4.79 Å². The van der Waals surface area contributed by atoms with Crippen LogP contribution in [-0.4, -0.2) is 33.6 Å². The summed E-state index contributed by atoms with van der Waals surface area (Å²) in [6, 6.07) is 2.67. The summed E-state index contributed by atoms with van der Waals surface area (Å²) in [6.45, 7) is 3.81. The molecule has 0 aromatic heterocycles. The van der Waals surface area contributed by atoms with Crippen LogP contribution in [0.15, 0.2) is 21.5 Å². The van der Waals surface area contributed by atoms with Gasteiger partial charge in [-0.25, -0.2) is 13.6 Å². The summed E-state index contributed by atoms with van der Waals surface area (Å²) < 4.78 is 28.4. The molecule has 0 radical (unpaired) electrons. The van der Waals surface area contributed by atoms with E-state index >= 15 is 0 Å². The summed E-state index contributed by atoms with van der Waals surface area (Å²) >= 11 is 9.13. The van der Waals surface area contributed by atoms with Gasteiger partial charge in [-0.2, -0.15) is 0 Å². The number of amides is 1. The van der Waals surface area contributed by atoms with Gasteiger partial charge in [0.05, 0.1) is 22.7 Å². The van der Waals surface area contributed by atoms with Gasteiger partial charge in [0.25, 0.3) is 5.91 Å². The largest absolute Gasteiger partial charge is 0.382 e. The highest BCUT2D eigenvalue weighted by molar-refractivity contribution is 9.10. The van der Waals surface area contributed by atoms with Gasteiger partial charge in [-0.1, -0.05) is 27.5 Å². The Balaban J connectivity index is 3.26. The van der Waals surface area contributed by atoms with Gasteiger partial charge in [0.1, 0.15) is 4.90 Å². The fraction of sp³-hybridized carbons (Fsp3) is 0.417. The van der Waals surface area contributed by atoms with E-state index < -0.39 is 21.5 Å². The molecule has 0 spiro atoms. The van der Waals surface area contributed by atoms with Crippen LogP contribution in [0.2, 0.25) is 5.02 Å². The number of hydrogen-bond acceptors (Lipinski definition) is 4. The van der Waals surface area contributed by atoms with Crippen LogP contribution in [0.3, 0.4) is 0 Å². The summed E-state index contributed by atoms with van der Waals surface area (Å²) in [5, 5.41) is 7.58. The number of methoxy groups -OCH3 is 1. The van der Waals surface area contributed by atoms with Gasteiger partial charge in [0, 0.05) is 11.6 Å². The number of rotatable bonds is 5. The molecule has 3 N–H and O–H groups in total. The van der Waals surface area contributed by atoms with Crippen LogP contribution < -0.4 is 10.5 Å². The maximum absolute atomic E-state index is 12.3. The lowest BCUT2D eigenvalue weighted by molar-refractivity contribution is 0.0820. The average molecular weight is 400 g/mol. The van der Waals surface area contributed by atoms with Crippen LogP contribution in [0.25, 0.3) is 0 Å². The maximum Gasteiger partial charge on any atom is 0.253 e. The number of nitrogens with two attached hydrogens (primary N) is 1. The van der Waals surface area contributed by atoms with Crippen LogP contribution in [0, 0.1) is 0 Å². The van der Waals surface area contributed by atoms with E-state index in [1.807, 2.05) is 0 Å². The Kier molecular flexibility index (Phi) is 5.79. The first-order valence-corrected chi connectivity index (χ1v) is 8.53. The Bertz CT molecular complexity index is 661. The number of halogens is 2. The predicted molar refractivity (Wildman–Crippen MR) is 83.9 cm³/mol. The van der Waals surface area contributed by atoms with E-state index in [0.717, 1.165) is 0 Å². The highest BCUT2D eigenvalue weighted by Gasteiger charge is 2.25. The molecule has 118 valence electrons. The Labute approximate surface area is 137 Å². The minimum absolute atomic E-state index is 0.0132. The summed E-state index contributed by atoms with van der Waals surface area (Å²) in [6.07, 6.45) is 0. The normalized spacial score (nSPS) is 12.3. The monoisotopic (exact) mass is 398 g/mol. The van der Waals surface area contributed by atoms with E-state index in [4.69, 9.17) is 21.5 Å². The van der Waals surface area contributed by atoms with E-state index in [1.165, 1.54) is 19.2 Å². The van der Waals surface area contributed by atoms with Crippen molar-refractivity contribution in [3.8, 4) is 0 Å². The van der Waals surface area contributed by atoms with Gasteiger partial charge in [0.2, 0.25) is 10.0 Å². The third kappa shape index (κ3) is 4.93. The van der Waals surface area contributed by atoms with Crippen molar-refractivity contribution >= 4 is 43.5 Å². The fourth-order valence-corrected chi connectivity index (χ4v) is 3.49. The molecule has 0 aliphatic heterocycles. The smallest absolute Gasteiger partial charge is 0.253 e. The van der Waals surface area contributed by atoms with E-state index in [2.05, 4.69) is 21.2 Å². The highest BCUT2D eigenvalue weighted by Crippen LogP contribution is 2.29. The van der Waals surface area contributed by atoms with Gasteiger partial charge in [-0.15, -0.1) is 0 Å². The number of carbonyl (C=O) groups is 1. The maximum atomic E-state index is 12.3. The molecule has 1 rings (SSSR count). The molecule has 9 heteroatoms. The second-order valence-electron chi connectivity index (χ2n) is 5.08. The molecule has 1 aromatic rings. The fourth-order valence-electron chi connectivity index (χ4n) is 1.71. The van der Waals surface area contributed by atoms with Crippen LogP contribution >= 0.6 is 27.5 Å². The van der Waals surface area contributed by atoms with Crippen LogP contribution in [0.4, 0.5) is 0 Å². The molecule has 0 aliphatic carbocycles. The van der Waals surface area contributed by atoms with Gasteiger partial charge < -0.3 is 10.1 Å². The quantitative estimate of drug-likeness (QED) is 0.790. The Morgan fingerprint density at radius 2 is 2.05 bits per heavy atom. The van der Waals surface area contributed by atoms with E-state index in [9.17, 15) is 13.2 Å². The van der Waals surface area contributed by atoms with Crippen molar-refractivity contribution in [3.63, 3.8) is 0 Å². The number of benzene rings is 1. The van der Waals surface area contributed by atoms with E-state index in [0.29, 0.717) is 4.47 Å². The average Bonchev–Trinajstić information content (AvgIpc) is 2.29. The number of nitrogens with one attached hydrogen (secondary N) is 1. The third-order valence-electron chi connectivity index (χ3n) is 2.51. The number of hydrogen-bond donors (Lipinski definition) is 2. The molecule has 0 heterocycles. The standard InChI is InChI=1S/C12H16BrClN2O4S/c1-12(2,6-20-3)16-11(17)8-4-7(13)5-9(10(8)14)21(15,18)19/h4-5H,6H2,1-3H3,(H,16,17)(H2,15,18,19). The molecule has 21 heavy (non-hydrogen) atoms. The number of ether oxygens (including phenoxy) is 1. The lowest BCUT2D eigenvalue weighted by Crippen LogP contribution is -2.46. The van der Waals surface area contributed by atoms with Crippen LogP contribution in [0.5, 0.6) is 0 Å². The topological polar surface area (TPSA) is 98.5 Å². The van der Waals surface area contributed by atoms with Crippen molar-refractivity contribution in [2.24, 2.45) is 5.14 Å². The first kappa shape index (κ1) is 18.4. The molecular formula is C12H16BrClN2O4S. The molecule has 0 aliphatic rings. The van der Waals surface area contributed by atoms with Crippen molar-refractivity contribution in [3.05, 3.63) is 27.2 Å². The minimum atomic E-state index is -4.03. The SMILES string of the molecule is COCC(C)(C)NC(=O)c1cc(Br)cc(S(N)(=O)=O)c1Cl. The zero-order chi connectivity index (χ0) is 16.4. The van der Waals surface area contributed by atoms with Crippen molar-refractivity contribution < 1.29 is 17.9 Å². The molecule has 1 aromatic carbocycles. The van der Waals surface area contributed by atoms with Crippen molar-refractivity contribution in [2.45, 2.75) is 24.3 Å². The van der Waals surface area contributed by atoms with Crippen molar-refractivity contribution in [1.29, 1.82) is 0 Å². The van der Waals surface area contributed by atoms with E-state index in [-0.39, 0.29) is 22.1 Å². The second kappa shape index (κ2) is 6.62. The molecule has 0 atom stereocenters. The van der Waals surface area contributed by atoms with Gasteiger partial charge >= 0.3 is 0 Å². The first-order valence-electron chi connectivity index (χ1n) is 5.81. The highest BCUT2D eigenvalue weighted by atomic mass is 79.9. The number of sulfonamides is 1. The lowest BCUT2D eigenvalue weighted by atomic mass is 10.1. The minimum Gasteiger partial charge on any atom is -0.382 e. The van der Waals surface area contributed by atoms with Gasteiger partial charge in [0.15, 0.2) is 0 Å². The molecule has 6 nitrogen and oxygen atoms in total. The summed E-state index contributed by atoms with van der Waals surface area (Å²) in [7, 11) is -2.52. The number of carbonyl (C=O) groups excluding carboxylic acids is 1. The lowest BCUT2D eigenvalue weighted by Gasteiger charge is -2.25. The Hall–Kier alpha value is -0.670. The van der Waals surface area contributed by atoms with Crippen LogP contribution in [0.1, 0.15) is 24.2 Å². The summed E-state index contributed by atoms with van der Waals surface area (Å²) in [5.41, 5.74) is -0.626. The summed E-state index contributed by atoms with van der Waals surface area (Å²) in [5.74, 6) is -0.520. The van der Waals surface area contributed by atoms with Crippen LogP contribution in [-0.2, 0) is 14.8 Å². The second-order valence-corrected chi connectivity index (χ2v) is 7.90. The molecule has 0 bridgehead atoms. The molecule has 0 unspecified atom stereocenters. The first-order chi connectivity index (χ1) is 9.48. The molecule has 0 saturated heterocycles. The Morgan fingerprint density at radius 1 is 1.48 bits per heavy atom. The van der Waals surface area contributed by atoms with Crippen molar-refractivity contribution in [2.75, 3.05) is 13.7 Å². The summed E-state index contributed by atoms with van der Waals surface area (Å²) in [4.78, 5) is 12.0. The molecule has 0 saturated carbocycles. The zero-order valence-electron chi connectivity index (χ0n) is 11.7. The molecule has 0 fully saturated rings. The third-order valence-corrected chi connectivity index (χ3v) is 4.42. The molecular weight excluding hydrogens is 384 g/mol.